The minimum absolute atomic E-state index is 0.0540. The van der Waals surface area contributed by atoms with E-state index in [1.54, 1.807) is 4.90 Å². The number of likely N-dealkylation sites (tertiary alicyclic amines) is 1. The summed E-state index contributed by atoms with van der Waals surface area (Å²) in [6.07, 6.45) is 2.44. The molecule has 0 spiro atoms. The lowest BCUT2D eigenvalue weighted by Gasteiger charge is -2.34. The monoisotopic (exact) mass is 360 g/mol. The van der Waals surface area contributed by atoms with Crippen LogP contribution < -0.4 is 5.32 Å². The number of carboxylic acid groups (broad SMARTS) is 1. The molecule has 2 rings (SSSR count). The maximum Gasteiger partial charge on any atom is 0.326 e. The number of carbonyl (C=O) groups excluding carboxylic acids is 2. The topological polar surface area (TPSA) is 86.7 Å². The zero-order valence-corrected chi connectivity index (χ0v) is 15.5. The Bertz CT molecular complexity index is 632. The van der Waals surface area contributed by atoms with Gasteiger partial charge >= 0.3 is 5.97 Å². The average Bonchev–Trinajstić information content (AvgIpc) is 2.67. The Morgan fingerprint density at radius 3 is 2.58 bits per heavy atom. The molecule has 1 aromatic carbocycles. The molecule has 3 atom stereocenters. The lowest BCUT2D eigenvalue weighted by Crippen LogP contribution is -2.50. The van der Waals surface area contributed by atoms with E-state index in [1.165, 1.54) is 0 Å². The minimum atomic E-state index is -1.05. The Hall–Kier alpha value is -2.37. The highest BCUT2D eigenvalue weighted by atomic mass is 16.4. The van der Waals surface area contributed by atoms with E-state index in [0.717, 1.165) is 18.4 Å². The maximum absolute atomic E-state index is 12.6. The van der Waals surface area contributed by atoms with Crippen LogP contribution in [0.4, 0.5) is 0 Å². The molecule has 1 heterocycles. The molecule has 1 aromatic rings. The third kappa shape index (κ3) is 5.31. The molecule has 2 N–H and O–H groups in total. The molecule has 0 aliphatic carbocycles. The fourth-order valence-corrected chi connectivity index (χ4v) is 3.22. The second kappa shape index (κ2) is 9.36. The summed E-state index contributed by atoms with van der Waals surface area (Å²) >= 11 is 0. The summed E-state index contributed by atoms with van der Waals surface area (Å²) in [4.78, 5) is 38.3. The number of rotatable bonds is 7. The number of amides is 2. The summed E-state index contributed by atoms with van der Waals surface area (Å²) < 4.78 is 0. The van der Waals surface area contributed by atoms with Crippen LogP contribution in [0.15, 0.2) is 30.3 Å². The summed E-state index contributed by atoms with van der Waals surface area (Å²) in [5.41, 5.74) is 0.859. The van der Waals surface area contributed by atoms with Crippen LogP contribution in [0.3, 0.4) is 0 Å². The molecule has 3 unspecified atom stereocenters. The average molecular weight is 360 g/mol. The number of carboxylic acids is 1. The van der Waals surface area contributed by atoms with Gasteiger partial charge in [-0.2, -0.15) is 0 Å². The molecule has 26 heavy (non-hydrogen) atoms. The Labute approximate surface area is 154 Å². The van der Waals surface area contributed by atoms with Crippen LogP contribution in [0.1, 0.15) is 38.7 Å². The van der Waals surface area contributed by atoms with Crippen LogP contribution in [0, 0.1) is 11.8 Å². The lowest BCUT2D eigenvalue weighted by atomic mass is 9.94. The first-order valence-electron chi connectivity index (χ1n) is 9.28. The van der Waals surface area contributed by atoms with Gasteiger partial charge in [0.05, 0.1) is 5.92 Å². The number of benzene rings is 1. The van der Waals surface area contributed by atoms with Crippen molar-refractivity contribution in [3.05, 3.63) is 35.9 Å². The first-order valence-corrected chi connectivity index (χ1v) is 9.28. The molecule has 6 heteroatoms. The predicted molar refractivity (Wildman–Crippen MR) is 98.5 cm³/mol. The molecule has 142 valence electrons. The standard InChI is InChI=1S/C20H28N2O4/c1-3-14(2)19(24)22-11-7-10-16(13-22)18(23)21-17(20(25)26)12-15-8-5-4-6-9-15/h4-6,8-9,14,16-17H,3,7,10-13H2,1-2H3,(H,21,23)(H,25,26). The third-order valence-corrected chi connectivity index (χ3v) is 5.04. The summed E-state index contributed by atoms with van der Waals surface area (Å²) in [5.74, 6) is -1.67. The van der Waals surface area contributed by atoms with Gasteiger partial charge in [0.2, 0.25) is 11.8 Å². The third-order valence-electron chi connectivity index (χ3n) is 5.04. The van der Waals surface area contributed by atoms with Gasteiger partial charge in [-0.15, -0.1) is 0 Å². The van der Waals surface area contributed by atoms with Crippen molar-refractivity contribution in [2.24, 2.45) is 11.8 Å². The Kier molecular flexibility index (Phi) is 7.18. The smallest absolute Gasteiger partial charge is 0.326 e. The first kappa shape index (κ1) is 19.9. The Morgan fingerprint density at radius 2 is 1.96 bits per heavy atom. The molecule has 0 bridgehead atoms. The molecular weight excluding hydrogens is 332 g/mol. The van der Waals surface area contributed by atoms with Crippen LogP contribution in [0.25, 0.3) is 0 Å². The number of carbonyl (C=O) groups is 3. The van der Waals surface area contributed by atoms with E-state index in [1.807, 2.05) is 44.2 Å². The fourth-order valence-electron chi connectivity index (χ4n) is 3.22. The molecule has 2 amide bonds. The van der Waals surface area contributed by atoms with Gasteiger partial charge in [-0.1, -0.05) is 44.2 Å². The Balaban J connectivity index is 1.97. The molecule has 1 fully saturated rings. The van der Waals surface area contributed by atoms with Crippen molar-refractivity contribution in [3.63, 3.8) is 0 Å². The zero-order chi connectivity index (χ0) is 19.1. The van der Waals surface area contributed by atoms with Crippen molar-refractivity contribution in [3.8, 4) is 0 Å². The second-order valence-electron chi connectivity index (χ2n) is 7.02. The van der Waals surface area contributed by atoms with Crippen molar-refractivity contribution in [2.45, 2.75) is 45.6 Å². The fraction of sp³-hybridized carbons (Fsp3) is 0.550. The summed E-state index contributed by atoms with van der Waals surface area (Å²) in [6.45, 7) is 4.90. The highest BCUT2D eigenvalue weighted by molar-refractivity contribution is 5.86. The Morgan fingerprint density at radius 1 is 1.27 bits per heavy atom. The highest BCUT2D eigenvalue weighted by Crippen LogP contribution is 2.20. The van der Waals surface area contributed by atoms with Crippen molar-refractivity contribution >= 4 is 17.8 Å². The maximum atomic E-state index is 12.6. The normalized spacial score (nSPS) is 19.5. The highest BCUT2D eigenvalue weighted by Gasteiger charge is 2.32. The van der Waals surface area contributed by atoms with Crippen LogP contribution in [0.5, 0.6) is 0 Å². The van der Waals surface area contributed by atoms with Gasteiger partial charge in [-0.05, 0) is 24.8 Å². The van der Waals surface area contributed by atoms with E-state index in [-0.39, 0.29) is 30.1 Å². The quantitative estimate of drug-likeness (QED) is 0.779. The number of piperidine rings is 1. The van der Waals surface area contributed by atoms with Gasteiger partial charge in [0.25, 0.3) is 0 Å². The van der Waals surface area contributed by atoms with Gasteiger partial charge in [0, 0.05) is 25.4 Å². The number of nitrogens with zero attached hydrogens (tertiary/aromatic N) is 1. The summed E-state index contributed by atoms with van der Waals surface area (Å²) in [5, 5.41) is 12.1. The van der Waals surface area contributed by atoms with Crippen LogP contribution in [-0.4, -0.2) is 46.9 Å². The summed E-state index contributed by atoms with van der Waals surface area (Å²) in [7, 11) is 0. The summed E-state index contributed by atoms with van der Waals surface area (Å²) in [6, 6.07) is 8.27. The van der Waals surface area contributed by atoms with Crippen LogP contribution in [0.2, 0.25) is 0 Å². The SMILES string of the molecule is CCC(C)C(=O)N1CCCC(C(=O)NC(Cc2ccccc2)C(=O)O)C1. The molecule has 1 aliphatic heterocycles. The van der Waals surface area contributed by atoms with Gasteiger partial charge < -0.3 is 15.3 Å². The number of hydrogen-bond acceptors (Lipinski definition) is 3. The molecule has 1 aliphatic rings. The number of nitrogens with one attached hydrogen (secondary N) is 1. The van der Waals surface area contributed by atoms with Crippen LogP contribution in [-0.2, 0) is 20.8 Å². The van der Waals surface area contributed by atoms with Crippen molar-refractivity contribution in [2.75, 3.05) is 13.1 Å². The lowest BCUT2D eigenvalue weighted by molar-refractivity contribution is -0.144. The van der Waals surface area contributed by atoms with Gasteiger partial charge in [0.1, 0.15) is 6.04 Å². The molecule has 0 aromatic heterocycles. The van der Waals surface area contributed by atoms with Crippen molar-refractivity contribution in [1.82, 2.24) is 10.2 Å². The minimum Gasteiger partial charge on any atom is -0.480 e. The first-order chi connectivity index (χ1) is 12.4. The molecule has 1 saturated heterocycles. The number of hydrogen-bond donors (Lipinski definition) is 2. The molecule has 0 radical (unpaired) electrons. The van der Waals surface area contributed by atoms with E-state index >= 15 is 0 Å². The van der Waals surface area contributed by atoms with Gasteiger partial charge in [-0.3, -0.25) is 9.59 Å². The van der Waals surface area contributed by atoms with Crippen molar-refractivity contribution < 1.29 is 19.5 Å². The van der Waals surface area contributed by atoms with E-state index in [9.17, 15) is 19.5 Å². The number of aliphatic carboxylic acids is 1. The van der Waals surface area contributed by atoms with Gasteiger partial charge in [0.15, 0.2) is 0 Å². The van der Waals surface area contributed by atoms with Crippen LogP contribution >= 0.6 is 0 Å². The molecular formula is C20H28N2O4. The van der Waals surface area contributed by atoms with E-state index < -0.39 is 12.0 Å². The second-order valence-corrected chi connectivity index (χ2v) is 7.02. The van der Waals surface area contributed by atoms with Crippen molar-refractivity contribution in [1.29, 1.82) is 0 Å². The van der Waals surface area contributed by atoms with Gasteiger partial charge in [-0.25, -0.2) is 4.79 Å². The van der Waals surface area contributed by atoms with E-state index in [2.05, 4.69) is 5.32 Å². The largest absolute Gasteiger partial charge is 0.480 e. The molecule has 0 saturated carbocycles. The predicted octanol–water partition coefficient (Wildman–Crippen LogP) is 2.08. The van der Waals surface area contributed by atoms with E-state index in [4.69, 9.17) is 0 Å². The zero-order valence-electron chi connectivity index (χ0n) is 15.5. The van der Waals surface area contributed by atoms with E-state index in [0.29, 0.717) is 19.5 Å². The molecule has 6 nitrogen and oxygen atoms in total.